The van der Waals surface area contributed by atoms with Crippen molar-refractivity contribution in [3.05, 3.63) is 0 Å². The maximum Gasteiger partial charge on any atom is -0.00988 e. The van der Waals surface area contributed by atoms with Crippen LogP contribution in [-0.2, 0) is 0 Å². The molecule has 18 aliphatic rings. The number of hydrogen-bond donors (Lipinski definition) is 0. The van der Waals surface area contributed by atoms with E-state index < -0.39 is 0 Å². The predicted octanol–water partition coefficient (Wildman–Crippen LogP) is 17.9. The van der Waals surface area contributed by atoms with Crippen LogP contribution in [0, 0.1) is 224 Å². The molecule has 0 N–H and O–H groups in total. The monoisotopic (exact) mass is 961 g/mol. The van der Waals surface area contributed by atoms with Gasteiger partial charge < -0.3 is 0 Å². The van der Waals surface area contributed by atoms with E-state index >= 15 is 0 Å². The lowest BCUT2D eigenvalue weighted by molar-refractivity contribution is -0.551. The van der Waals surface area contributed by atoms with Gasteiger partial charge in [0.25, 0.3) is 0 Å². The van der Waals surface area contributed by atoms with E-state index in [0.717, 1.165) is 154 Å². The highest BCUT2D eigenvalue weighted by atomic mass is 15.1. The van der Waals surface area contributed by atoms with E-state index in [9.17, 15) is 0 Å². The Balaban J connectivity index is 0.994. The van der Waals surface area contributed by atoms with E-state index in [0.29, 0.717) is 70.4 Å². The molecule has 0 aromatic heterocycles. The van der Waals surface area contributed by atoms with Crippen LogP contribution in [0.3, 0.4) is 0 Å². The lowest BCUT2D eigenvalue weighted by atomic mass is 9.02. The fraction of sp³-hybridized carbons (Fsp3) is 1.00. The summed E-state index contributed by atoms with van der Waals surface area (Å²) in [4.78, 5) is 0. The summed E-state index contributed by atoms with van der Waals surface area (Å²) in [6.07, 6.45) is 22.9. The van der Waals surface area contributed by atoms with Crippen LogP contribution in [0.5, 0.6) is 0 Å². The van der Waals surface area contributed by atoms with Crippen molar-refractivity contribution in [1.82, 2.24) is 0 Å². The molecule has 18 aliphatic carbocycles. The van der Waals surface area contributed by atoms with Crippen LogP contribution in [0.1, 0.15) is 215 Å². The van der Waals surface area contributed by atoms with Gasteiger partial charge in [0.1, 0.15) is 0 Å². The SMILES string of the molecule is CCC(C)CC(C)CC12C3CC45CCC6CC78C(C)C9C%10C%11CC%12(CC14C(CC3C)CC%12C)C(C%11C%10C97)C1C(C)C(C)(CC15C1CC8(C6C)C3C1C14C3C(C)C1(C)C1(C(C)C)C(C)(C)C(C)CC41C)C2C. The van der Waals surface area contributed by atoms with Crippen molar-refractivity contribution in [2.24, 2.45) is 224 Å². The average Bonchev–Trinajstić information content (AvgIpc) is 3.97. The first-order valence-corrected chi connectivity index (χ1v) is 33.4. The Morgan fingerprint density at radius 3 is 2.03 bits per heavy atom. The summed E-state index contributed by atoms with van der Waals surface area (Å²) in [5, 5.41) is 0. The quantitative estimate of drug-likeness (QED) is 0.249. The van der Waals surface area contributed by atoms with Crippen molar-refractivity contribution in [2.45, 2.75) is 215 Å². The zero-order valence-corrected chi connectivity index (χ0v) is 49.4. The van der Waals surface area contributed by atoms with Gasteiger partial charge in [0.2, 0.25) is 0 Å². The second-order valence-electron chi connectivity index (χ2n) is 36.9. The highest BCUT2D eigenvalue weighted by Gasteiger charge is 3.07. The van der Waals surface area contributed by atoms with Crippen LogP contribution in [0.4, 0.5) is 0 Å². The molecule has 0 nitrogen and oxygen atoms in total. The number of hydrogen-bond acceptors (Lipinski definition) is 0. The standard InChI is InChI=1S/C71H108/c1-19-34(4)22-35(5)25-67-43(13)60(16)31-68-48-30-66(58-54-42(12)62(18)70(54,55(48)58)61(17)26-38(8)59(14,15)71(61,62)33(2)3)39(9)44-20-21-64(68)29-47(67)36(6)23-45-24-37(7)63(32-69(45,64)67)28-46-50-49-40(10)65(66,27-44)56(49)52(50)51(46)57(63)53(68)41(60)11/h33-58H,19-32H2,1-18H3. The summed E-state index contributed by atoms with van der Waals surface area (Å²) in [5.74, 6) is 25.4. The molecule has 0 saturated heterocycles. The second kappa shape index (κ2) is 11.5. The summed E-state index contributed by atoms with van der Waals surface area (Å²) in [6, 6.07) is 0. The zero-order valence-electron chi connectivity index (χ0n) is 49.4. The molecule has 37 unspecified atom stereocenters. The first kappa shape index (κ1) is 44.9. The maximum atomic E-state index is 3.16. The molecule has 0 aliphatic heterocycles. The summed E-state index contributed by atoms with van der Waals surface area (Å²) in [6.45, 7) is 52.9. The molecule has 0 heteroatoms. The normalized spacial score (nSPS) is 75.7. The van der Waals surface area contributed by atoms with Gasteiger partial charge in [-0.3, -0.25) is 0 Å². The first-order valence-electron chi connectivity index (χ1n) is 33.4. The van der Waals surface area contributed by atoms with Crippen LogP contribution in [-0.4, -0.2) is 0 Å². The average molecular weight is 962 g/mol. The van der Waals surface area contributed by atoms with Gasteiger partial charge in [0.05, 0.1) is 0 Å². The minimum atomic E-state index is 0.390. The third kappa shape index (κ3) is 3.18. The Bertz CT molecular complexity index is 2500. The van der Waals surface area contributed by atoms with E-state index in [2.05, 4.69) is 125 Å². The number of rotatable bonds is 6. The van der Waals surface area contributed by atoms with Gasteiger partial charge in [-0.2, -0.15) is 0 Å². The summed E-state index contributed by atoms with van der Waals surface area (Å²) < 4.78 is 0. The smallest absolute Gasteiger partial charge is 0.00988 e. The minimum Gasteiger partial charge on any atom is -0.0651 e. The fourth-order valence-corrected chi connectivity index (χ4v) is 39.3. The highest BCUT2D eigenvalue weighted by Crippen LogP contribution is 3.11. The van der Waals surface area contributed by atoms with Crippen LogP contribution in [0.2, 0.25) is 0 Å². The molecule has 11 bridgehead atoms. The van der Waals surface area contributed by atoms with E-state index in [1.807, 2.05) is 0 Å². The molecule has 18 rings (SSSR count). The molecular weight excluding hydrogens is 853 g/mol. The molecule has 0 aromatic carbocycles. The molecular formula is C71H108. The Morgan fingerprint density at radius 2 is 1.31 bits per heavy atom. The Hall–Kier alpha value is 0. The van der Waals surface area contributed by atoms with Gasteiger partial charge in [-0.05, 0) is 308 Å². The van der Waals surface area contributed by atoms with Crippen molar-refractivity contribution >= 4 is 0 Å². The van der Waals surface area contributed by atoms with Crippen molar-refractivity contribution < 1.29 is 0 Å². The molecule has 0 radical (unpaired) electrons. The lowest BCUT2D eigenvalue weighted by Crippen LogP contribution is -2.98. The topological polar surface area (TPSA) is 0 Å². The lowest BCUT2D eigenvalue weighted by Gasteiger charge is -3.01. The molecule has 0 amide bonds. The Labute approximate surface area is 436 Å². The molecule has 18 fully saturated rings. The molecule has 0 aromatic rings. The van der Waals surface area contributed by atoms with Crippen LogP contribution < -0.4 is 0 Å². The molecule has 71 heavy (non-hydrogen) atoms. The largest absolute Gasteiger partial charge is 0.0651 e. The number of fused-ring (bicyclic) bond motifs is 6. The molecule has 7 spiro atoms. The first-order chi connectivity index (χ1) is 33.4. The fourth-order valence-electron chi connectivity index (χ4n) is 39.3. The van der Waals surface area contributed by atoms with E-state index in [1.54, 1.807) is 70.6 Å². The van der Waals surface area contributed by atoms with Crippen LogP contribution in [0.25, 0.3) is 0 Å². The Morgan fingerprint density at radius 1 is 0.577 bits per heavy atom. The third-order valence-electron chi connectivity index (χ3n) is 38.8. The van der Waals surface area contributed by atoms with Crippen molar-refractivity contribution in [3.63, 3.8) is 0 Å². The van der Waals surface area contributed by atoms with E-state index in [4.69, 9.17) is 0 Å². The van der Waals surface area contributed by atoms with Gasteiger partial charge in [-0.15, -0.1) is 0 Å². The predicted molar refractivity (Wildman–Crippen MR) is 289 cm³/mol. The molecule has 392 valence electrons. The highest BCUT2D eigenvalue weighted by molar-refractivity contribution is 5.54. The zero-order chi connectivity index (χ0) is 49.4. The molecule has 18 saturated carbocycles. The van der Waals surface area contributed by atoms with Crippen molar-refractivity contribution in [2.75, 3.05) is 0 Å². The van der Waals surface area contributed by atoms with E-state index in [-0.39, 0.29) is 0 Å². The summed E-state index contributed by atoms with van der Waals surface area (Å²) >= 11 is 0. The summed E-state index contributed by atoms with van der Waals surface area (Å²) in [5.41, 5.74) is 6.75. The minimum absolute atomic E-state index is 0.390. The molecule has 0 heterocycles. The van der Waals surface area contributed by atoms with Gasteiger partial charge in [0, 0.05) is 0 Å². The third-order valence-corrected chi connectivity index (χ3v) is 38.8. The van der Waals surface area contributed by atoms with Gasteiger partial charge in [-0.25, -0.2) is 0 Å². The molecule has 37 atom stereocenters. The maximum absolute atomic E-state index is 3.16. The van der Waals surface area contributed by atoms with Gasteiger partial charge >= 0.3 is 0 Å². The second-order valence-corrected chi connectivity index (χ2v) is 36.9. The van der Waals surface area contributed by atoms with Gasteiger partial charge in [0.15, 0.2) is 0 Å². The van der Waals surface area contributed by atoms with Crippen molar-refractivity contribution in [3.8, 4) is 0 Å². The van der Waals surface area contributed by atoms with Crippen molar-refractivity contribution in [1.29, 1.82) is 0 Å². The van der Waals surface area contributed by atoms with Crippen LogP contribution >= 0.6 is 0 Å². The Kier molecular flexibility index (Phi) is 7.30. The van der Waals surface area contributed by atoms with Gasteiger partial charge in [-0.1, -0.05) is 131 Å². The van der Waals surface area contributed by atoms with Crippen LogP contribution in [0.15, 0.2) is 0 Å². The van der Waals surface area contributed by atoms with E-state index in [1.165, 1.54) is 19.3 Å². The summed E-state index contributed by atoms with van der Waals surface area (Å²) in [7, 11) is 0.